The van der Waals surface area contributed by atoms with Gasteiger partial charge in [-0.05, 0) is 29.7 Å². The van der Waals surface area contributed by atoms with Crippen LogP contribution in [0.25, 0.3) is 10.1 Å². The highest BCUT2D eigenvalue weighted by Gasteiger charge is 2.08. The van der Waals surface area contributed by atoms with Gasteiger partial charge in [0.15, 0.2) is 0 Å². The number of fused-ring (bicyclic) bond motifs is 1. The van der Waals surface area contributed by atoms with E-state index in [-0.39, 0.29) is 0 Å². The van der Waals surface area contributed by atoms with Crippen molar-refractivity contribution >= 4 is 33.1 Å². The first kappa shape index (κ1) is 9.98. The number of aromatic carboxylic acids is 1. The Morgan fingerprint density at radius 3 is 2.67 bits per heavy atom. The minimum absolute atomic E-state index is 0.390. The van der Waals surface area contributed by atoms with Crippen molar-refractivity contribution in [3.8, 4) is 0 Å². The van der Waals surface area contributed by atoms with Crippen molar-refractivity contribution in [1.29, 1.82) is 0 Å². The summed E-state index contributed by atoms with van der Waals surface area (Å²) in [6, 6.07) is 7.67. The number of carbonyl (C=O) groups is 1. The molecule has 3 nitrogen and oxygen atoms in total. The van der Waals surface area contributed by atoms with Gasteiger partial charge in [-0.1, -0.05) is 0 Å². The lowest BCUT2D eigenvalue weighted by Crippen LogP contribution is -2.07. The van der Waals surface area contributed by atoms with Crippen molar-refractivity contribution in [1.82, 2.24) is 0 Å². The predicted molar refractivity (Wildman–Crippen MR) is 63.1 cm³/mol. The van der Waals surface area contributed by atoms with Gasteiger partial charge in [-0.25, -0.2) is 4.79 Å². The van der Waals surface area contributed by atoms with Gasteiger partial charge in [0.25, 0.3) is 0 Å². The molecule has 1 aromatic carbocycles. The van der Waals surface area contributed by atoms with Crippen LogP contribution in [-0.2, 0) is 0 Å². The number of carboxylic acids is 1. The number of thiophene rings is 1. The first-order chi connectivity index (χ1) is 7.08. The van der Waals surface area contributed by atoms with Gasteiger partial charge in [0, 0.05) is 24.5 Å². The largest absolute Gasteiger partial charge is 0.477 e. The topological polar surface area (TPSA) is 40.5 Å². The summed E-state index contributed by atoms with van der Waals surface area (Å²) >= 11 is 1.31. The molecular weight excluding hydrogens is 210 g/mol. The fourth-order valence-corrected chi connectivity index (χ4v) is 2.30. The third kappa shape index (κ3) is 1.80. The number of nitrogens with zero attached hydrogens (tertiary/aromatic N) is 1. The molecule has 0 saturated heterocycles. The fourth-order valence-electron chi connectivity index (χ4n) is 1.41. The van der Waals surface area contributed by atoms with E-state index in [1.807, 2.05) is 37.2 Å². The maximum absolute atomic E-state index is 10.8. The molecule has 2 aromatic rings. The highest BCUT2D eigenvalue weighted by molar-refractivity contribution is 7.20. The first-order valence-corrected chi connectivity index (χ1v) is 5.34. The molecule has 1 N–H and O–H groups in total. The van der Waals surface area contributed by atoms with Crippen molar-refractivity contribution in [3.63, 3.8) is 0 Å². The van der Waals surface area contributed by atoms with Crippen LogP contribution in [0.2, 0.25) is 0 Å². The number of hydrogen-bond donors (Lipinski definition) is 1. The summed E-state index contributed by atoms with van der Waals surface area (Å²) in [6.45, 7) is 0. The average Bonchev–Trinajstić information content (AvgIpc) is 2.59. The fraction of sp³-hybridized carbons (Fsp3) is 0.182. The van der Waals surface area contributed by atoms with Crippen molar-refractivity contribution in [2.45, 2.75) is 0 Å². The molecule has 1 aromatic heterocycles. The van der Waals surface area contributed by atoms with Gasteiger partial charge in [0.2, 0.25) is 0 Å². The molecule has 0 amide bonds. The molecule has 0 atom stereocenters. The first-order valence-electron chi connectivity index (χ1n) is 4.52. The molecule has 1 heterocycles. The third-order valence-electron chi connectivity index (χ3n) is 2.23. The molecule has 0 aliphatic heterocycles. The summed E-state index contributed by atoms with van der Waals surface area (Å²) in [5, 5.41) is 9.85. The molecule has 2 rings (SSSR count). The second-order valence-electron chi connectivity index (χ2n) is 3.53. The second-order valence-corrected chi connectivity index (χ2v) is 4.62. The minimum atomic E-state index is -0.859. The standard InChI is InChI=1S/C11H11NO2S/c1-12(2)8-3-4-9-7(5-8)6-10(15-9)11(13)14/h3-6H,1-2H3,(H,13,14). The number of rotatable bonds is 2. The van der Waals surface area contributed by atoms with Crippen molar-refractivity contribution in [3.05, 3.63) is 29.1 Å². The second kappa shape index (κ2) is 3.55. The Balaban J connectivity index is 2.57. The van der Waals surface area contributed by atoms with Gasteiger partial charge in [-0.15, -0.1) is 11.3 Å². The molecule has 78 valence electrons. The van der Waals surface area contributed by atoms with Crippen LogP contribution in [0, 0.1) is 0 Å². The lowest BCUT2D eigenvalue weighted by atomic mass is 10.2. The van der Waals surface area contributed by atoms with Crippen LogP contribution in [0.1, 0.15) is 9.67 Å². The Bertz CT molecular complexity index is 516. The number of anilines is 1. The van der Waals surface area contributed by atoms with E-state index >= 15 is 0 Å². The Kier molecular flexibility index (Phi) is 2.36. The molecule has 0 saturated carbocycles. The van der Waals surface area contributed by atoms with E-state index in [9.17, 15) is 4.79 Å². The highest BCUT2D eigenvalue weighted by Crippen LogP contribution is 2.28. The molecule has 0 radical (unpaired) electrons. The van der Waals surface area contributed by atoms with E-state index in [2.05, 4.69) is 0 Å². The molecule has 0 fully saturated rings. The third-order valence-corrected chi connectivity index (χ3v) is 3.33. The molecule has 0 unspecified atom stereocenters. The summed E-state index contributed by atoms with van der Waals surface area (Å²) in [7, 11) is 3.93. The van der Waals surface area contributed by atoms with Crippen LogP contribution in [-0.4, -0.2) is 25.2 Å². The summed E-state index contributed by atoms with van der Waals surface area (Å²) < 4.78 is 1.01. The number of benzene rings is 1. The van der Waals surface area contributed by atoms with Gasteiger partial charge >= 0.3 is 5.97 Å². The highest BCUT2D eigenvalue weighted by atomic mass is 32.1. The maximum atomic E-state index is 10.8. The van der Waals surface area contributed by atoms with Crippen molar-refractivity contribution < 1.29 is 9.90 Å². The lowest BCUT2D eigenvalue weighted by Gasteiger charge is -2.11. The molecule has 0 spiro atoms. The lowest BCUT2D eigenvalue weighted by molar-refractivity contribution is 0.0702. The monoisotopic (exact) mass is 221 g/mol. The zero-order valence-corrected chi connectivity index (χ0v) is 9.34. The molecule has 4 heteroatoms. The average molecular weight is 221 g/mol. The SMILES string of the molecule is CN(C)c1ccc2sc(C(=O)O)cc2c1. The molecule has 0 bridgehead atoms. The van der Waals surface area contributed by atoms with E-state index in [4.69, 9.17) is 5.11 Å². The summed E-state index contributed by atoms with van der Waals surface area (Å²) in [5.41, 5.74) is 1.08. The van der Waals surface area contributed by atoms with Gasteiger partial charge in [-0.3, -0.25) is 0 Å². The van der Waals surface area contributed by atoms with Gasteiger partial charge < -0.3 is 10.0 Å². The van der Waals surface area contributed by atoms with Crippen LogP contribution in [0.3, 0.4) is 0 Å². The predicted octanol–water partition coefficient (Wildman–Crippen LogP) is 2.67. The Morgan fingerprint density at radius 1 is 1.33 bits per heavy atom. The summed E-state index contributed by atoms with van der Waals surface area (Å²) in [5.74, 6) is -0.859. The van der Waals surface area contributed by atoms with E-state index in [1.165, 1.54) is 11.3 Å². The smallest absolute Gasteiger partial charge is 0.345 e. The van der Waals surface area contributed by atoms with E-state index in [0.29, 0.717) is 4.88 Å². The van der Waals surface area contributed by atoms with Gasteiger partial charge in [0.1, 0.15) is 4.88 Å². The van der Waals surface area contributed by atoms with Crippen molar-refractivity contribution in [2.75, 3.05) is 19.0 Å². The van der Waals surface area contributed by atoms with Crippen molar-refractivity contribution in [2.24, 2.45) is 0 Å². The van der Waals surface area contributed by atoms with Crippen LogP contribution in [0.4, 0.5) is 5.69 Å². The summed E-state index contributed by atoms with van der Waals surface area (Å²) in [4.78, 5) is 13.2. The van der Waals surface area contributed by atoms with Crippen LogP contribution < -0.4 is 4.90 Å². The zero-order valence-electron chi connectivity index (χ0n) is 8.52. The van der Waals surface area contributed by atoms with E-state index in [0.717, 1.165) is 15.8 Å². The van der Waals surface area contributed by atoms with Crippen LogP contribution >= 0.6 is 11.3 Å². The Labute approximate surface area is 91.6 Å². The minimum Gasteiger partial charge on any atom is -0.477 e. The van der Waals surface area contributed by atoms with E-state index < -0.39 is 5.97 Å². The Hall–Kier alpha value is -1.55. The van der Waals surface area contributed by atoms with E-state index in [1.54, 1.807) is 6.07 Å². The quantitative estimate of drug-likeness (QED) is 0.847. The molecular formula is C11H11NO2S. The number of hydrogen-bond acceptors (Lipinski definition) is 3. The molecule has 15 heavy (non-hydrogen) atoms. The maximum Gasteiger partial charge on any atom is 0.345 e. The molecule has 0 aliphatic carbocycles. The Morgan fingerprint density at radius 2 is 2.07 bits per heavy atom. The summed E-state index contributed by atoms with van der Waals surface area (Å²) in [6.07, 6.45) is 0. The van der Waals surface area contributed by atoms with Crippen LogP contribution in [0.15, 0.2) is 24.3 Å². The van der Waals surface area contributed by atoms with Gasteiger partial charge in [0.05, 0.1) is 0 Å². The normalized spacial score (nSPS) is 10.5. The van der Waals surface area contributed by atoms with Crippen LogP contribution in [0.5, 0.6) is 0 Å². The zero-order chi connectivity index (χ0) is 11.0. The molecule has 0 aliphatic rings. The van der Waals surface area contributed by atoms with Gasteiger partial charge in [-0.2, -0.15) is 0 Å². The number of carboxylic acid groups (broad SMARTS) is 1.